The van der Waals surface area contributed by atoms with E-state index in [1.165, 1.54) is 5.56 Å². The quantitative estimate of drug-likeness (QED) is 0.727. The summed E-state index contributed by atoms with van der Waals surface area (Å²) in [5.41, 5.74) is 1.88. The van der Waals surface area contributed by atoms with Crippen molar-refractivity contribution in [1.82, 2.24) is 0 Å². The molecule has 2 aromatic carbocycles. The maximum atomic E-state index is 12.4. The van der Waals surface area contributed by atoms with Crippen molar-refractivity contribution in [2.45, 2.75) is 24.3 Å². The highest BCUT2D eigenvalue weighted by Gasteiger charge is 2.17. The van der Waals surface area contributed by atoms with E-state index in [-0.39, 0.29) is 11.2 Å². The summed E-state index contributed by atoms with van der Waals surface area (Å²) in [5, 5.41) is 3.70. The summed E-state index contributed by atoms with van der Waals surface area (Å²) in [6.07, 6.45) is 0.769. The van der Waals surface area contributed by atoms with Crippen LogP contribution in [0, 0.1) is 0 Å². The number of halogens is 2. The lowest BCUT2D eigenvalue weighted by atomic mass is 10.2. The van der Waals surface area contributed by atoms with Crippen LogP contribution in [-0.4, -0.2) is 11.2 Å². The van der Waals surface area contributed by atoms with Gasteiger partial charge in [-0.25, -0.2) is 0 Å². The van der Waals surface area contributed by atoms with Crippen LogP contribution in [0.25, 0.3) is 0 Å². The summed E-state index contributed by atoms with van der Waals surface area (Å²) in [6, 6.07) is 15.2. The van der Waals surface area contributed by atoms with Crippen molar-refractivity contribution in [3.05, 3.63) is 64.1 Å². The first-order valence-electron chi connectivity index (χ1n) is 7.01. The van der Waals surface area contributed by atoms with Gasteiger partial charge in [0, 0.05) is 11.4 Å². The molecule has 0 aliphatic heterocycles. The molecule has 2 nitrogen and oxygen atoms in total. The number of hydrogen-bond donors (Lipinski definition) is 1. The molecule has 116 valence electrons. The van der Waals surface area contributed by atoms with Crippen LogP contribution in [0.3, 0.4) is 0 Å². The monoisotopic (exact) mass is 353 g/mol. The molecule has 0 aliphatic carbocycles. The van der Waals surface area contributed by atoms with Gasteiger partial charge in [0.1, 0.15) is 0 Å². The smallest absolute Gasteiger partial charge is 0.237 e. The first kappa shape index (κ1) is 17.2. The molecule has 0 heterocycles. The highest BCUT2D eigenvalue weighted by molar-refractivity contribution is 7.99. The molecule has 1 unspecified atom stereocenters. The molecule has 5 heteroatoms. The lowest BCUT2D eigenvalue weighted by Gasteiger charge is -2.15. The normalized spacial score (nSPS) is 12.0. The minimum absolute atomic E-state index is 0.0122. The lowest BCUT2D eigenvalue weighted by Crippen LogP contribution is -2.24. The van der Waals surface area contributed by atoms with Gasteiger partial charge in [-0.2, -0.15) is 0 Å². The van der Waals surface area contributed by atoms with Crippen molar-refractivity contribution < 1.29 is 4.79 Å². The molecule has 1 N–H and O–H groups in total. The number of hydrogen-bond acceptors (Lipinski definition) is 2. The second-order valence-corrected chi connectivity index (χ2v) is 6.82. The minimum Gasteiger partial charge on any atom is -0.325 e. The van der Waals surface area contributed by atoms with E-state index >= 15 is 0 Å². The SMILES string of the molecule is CCC(SCc1ccccc1)C(=O)Nc1ccc(Cl)c(Cl)c1. The molecule has 0 bridgehead atoms. The molecule has 0 aliphatic rings. The maximum Gasteiger partial charge on any atom is 0.237 e. The number of anilines is 1. The summed E-state index contributed by atoms with van der Waals surface area (Å²) < 4.78 is 0. The van der Waals surface area contributed by atoms with Crippen LogP contribution in [0.1, 0.15) is 18.9 Å². The Bertz CT molecular complexity index is 634. The fourth-order valence-electron chi connectivity index (χ4n) is 1.95. The second kappa shape index (κ2) is 8.47. The summed E-state index contributed by atoms with van der Waals surface area (Å²) in [4.78, 5) is 12.4. The van der Waals surface area contributed by atoms with E-state index in [9.17, 15) is 4.79 Å². The Morgan fingerprint density at radius 3 is 2.50 bits per heavy atom. The van der Waals surface area contributed by atoms with Crippen LogP contribution in [0.15, 0.2) is 48.5 Å². The largest absolute Gasteiger partial charge is 0.325 e. The average Bonchev–Trinajstić information content (AvgIpc) is 2.52. The van der Waals surface area contributed by atoms with Gasteiger partial charge in [0.05, 0.1) is 15.3 Å². The van der Waals surface area contributed by atoms with Crippen molar-refractivity contribution >= 4 is 46.6 Å². The Kier molecular flexibility index (Phi) is 6.62. The maximum absolute atomic E-state index is 12.4. The predicted molar refractivity (Wildman–Crippen MR) is 96.9 cm³/mol. The Balaban J connectivity index is 1.95. The molecule has 1 atom stereocenters. The summed E-state index contributed by atoms with van der Waals surface area (Å²) in [6.45, 7) is 2.01. The van der Waals surface area contributed by atoms with Crippen LogP contribution in [0.4, 0.5) is 5.69 Å². The highest BCUT2D eigenvalue weighted by Crippen LogP contribution is 2.26. The van der Waals surface area contributed by atoms with Crippen LogP contribution in [0.2, 0.25) is 10.0 Å². The Morgan fingerprint density at radius 1 is 1.14 bits per heavy atom. The van der Waals surface area contributed by atoms with Gasteiger partial charge in [0.15, 0.2) is 0 Å². The average molecular weight is 354 g/mol. The van der Waals surface area contributed by atoms with E-state index in [0.717, 1.165) is 12.2 Å². The van der Waals surface area contributed by atoms with Crippen LogP contribution in [-0.2, 0) is 10.5 Å². The van der Waals surface area contributed by atoms with Crippen molar-refractivity contribution in [3.63, 3.8) is 0 Å². The predicted octanol–water partition coefficient (Wildman–Crippen LogP) is 5.64. The summed E-state index contributed by atoms with van der Waals surface area (Å²) in [7, 11) is 0. The van der Waals surface area contributed by atoms with E-state index in [1.54, 1.807) is 30.0 Å². The molecule has 1 amide bonds. The Labute approximate surface area is 145 Å². The summed E-state index contributed by atoms with van der Waals surface area (Å²) in [5.74, 6) is 0.801. The van der Waals surface area contributed by atoms with Crippen molar-refractivity contribution in [3.8, 4) is 0 Å². The van der Waals surface area contributed by atoms with Gasteiger partial charge >= 0.3 is 0 Å². The third kappa shape index (κ3) is 4.94. The van der Waals surface area contributed by atoms with Gasteiger partial charge in [0.2, 0.25) is 5.91 Å². The third-order valence-electron chi connectivity index (χ3n) is 3.14. The van der Waals surface area contributed by atoms with E-state index in [4.69, 9.17) is 23.2 Å². The van der Waals surface area contributed by atoms with Crippen LogP contribution < -0.4 is 5.32 Å². The van der Waals surface area contributed by atoms with Gasteiger partial charge in [-0.05, 0) is 30.2 Å². The standard InChI is InChI=1S/C17H17Cl2NOS/c1-2-16(22-11-12-6-4-3-5-7-12)17(21)20-13-8-9-14(18)15(19)10-13/h3-10,16H,2,11H2,1H3,(H,20,21). The fraction of sp³-hybridized carbons (Fsp3) is 0.235. The molecule has 0 spiro atoms. The topological polar surface area (TPSA) is 29.1 Å². The second-order valence-electron chi connectivity index (χ2n) is 4.81. The van der Waals surface area contributed by atoms with E-state index in [1.807, 2.05) is 25.1 Å². The molecule has 0 fully saturated rings. The Morgan fingerprint density at radius 2 is 1.86 bits per heavy atom. The van der Waals surface area contributed by atoms with E-state index in [2.05, 4.69) is 17.4 Å². The molecule has 2 aromatic rings. The van der Waals surface area contributed by atoms with Gasteiger partial charge < -0.3 is 5.32 Å². The number of carbonyl (C=O) groups excluding carboxylic acids is 1. The number of amides is 1. The Hall–Kier alpha value is -1.16. The van der Waals surface area contributed by atoms with Crippen molar-refractivity contribution in [1.29, 1.82) is 0 Å². The zero-order valence-electron chi connectivity index (χ0n) is 12.2. The molecule has 0 saturated heterocycles. The summed E-state index contributed by atoms with van der Waals surface area (Å²) >= 11 is 13.5. The minimum atomic E-state index is -0.102. The number of thioether (sulfide) groups is 1. The molecule has 22 heavy (non-hydrogen) atoms. The van der Waals surface area contributed by atoms with Crippen LogP contribution in [0.5, 0.6) is 0 Å². The number of nitrogens with one attached hydrogen (secondary N) is 1. The first-order valence-corrected chi connectivity index (χ1v) is 8.82. The first-order chi connectivity index (χ1) is 10.6. The van der Waals surface area contributed by atoms with Crippen molar-refractivity contribution in [2.75, 3.05) is 5.32 Å². The lowest BCUT2D eigenvalue weighted by molar-refractivity contribution is -0.115. The number of carbonyl (C=O) groups is 1. The van der Waals surface area contributed by atoms with Gasteiger partial charge in [-0.3, -0.25) is 4.79 Å². The molecule has 0 aromatic heterocycles. The van der Waals surface area contributed by atoms with E-state index < -0.39 is 0 Å². The van der Waals surface area contributed by atoms with E-state index in [0.29, 0.717) is 15.7 Å². The molecular weight excluding hydrogens is 337 g/mol. The number of benzene rings is 2. The van der Waals surface area contributed by atoms with Crippen LogP contribution >= 0.6 is 35.0 Å². The fourth-order valence-corrected chi connectivity index (χ4v) is 3.28. The zero-order valence-corrected chi connectivity index (χ0v) is 14.5. The number of rotatable bonds is 6. The molecule has 0 saturated carbocycles. The highest BCUT2D eigenvalue weighted by atomic mass is 35.5. The third-order valence-corrected chi connectivity index (χ3v) is 5.33. The zero-order chi connectivity index (χ0) is 15.9. The van der Waals surface area contributed by atoms with Gasteiger partial charge in [-0.15, -0.1) is 11.8 Å². The molecule has 0 radical (unpaired) electrons. The molecular formula is C17H17Cl2NOS. The van der Waals surface area contributed by atoms with Crippen molar-refractivity contribution in [2.24, 2.45) is 0 Å². The molecule has 2 rings (SSSR count). The van der Waals surface area contributed by atoms with Gasteiger partial charge in [0.25, 0.3) is 0 Å². The van der Waals surface area contributed by atoms with Gasteiger partial charge in [-0.1, -0.05) is 60.5 Å².